The van der Waals surface area contributed by atoms with Gasteiger partial charge in [-0.2, -0.15) is 0 Å². The van der Waals surface area contributed by atoms with E-state index in [0.717, 1.165) is 5.56 Å². The molecule has 27 heavy (non-hydrogen) atoms. The van der Waals surface area contributed by atoms with Gasteiger partial charge in [-0.1, -0.05) is 64.5 Å². The van der Waals surface area contributed by atoms with Crippen LogP contribution in [-0.4, -0.2) is 21.0 Å². The maximum atomic E-state index is 12.3. The van der Waals surface area contributed by atoms with Crippen LogP contribution in [0.25, 0.3) is 0 Å². The Kier molecular flexibility index (Phi) is 6.27. The van der Waals surface area contributed by atoms with Gasteiger partial charge in [0.15, 0.2) is 4.34 Å². The van der Waals surface area contributed by atoms with E-state index in [1.807, 2.05) is 6.07 Å². The molecule has 1 N–H and O–H groups in total. The smallest absolute Gasteiger partial charge is 0.282 e. The van der Waals surface area contributed by atoms with Gasteiger partial charge in [-0.05, 0) is 23.8 Å². The molecule has 2 aromatic carbocycles. The summed E-state index contributed by atoms with van der Waals surface area (Å²) in [6.07, 6.45) is 0. The quantitative estimate of drug-likeness (QED) is 0.241. The predicted octanol–water partition coefficient (Wildman–Crippen LogP) is 5.30. The van der Waals surface area contributed by atoms with Gasteiger partial charge in [-0.3, -0.25) is 20.2 Å². The standard InChI is InChI=1S/C16H10Cl2N4O3S2/c17-11-6-5-9(7-12(11)18)8-26-16-21-20-15(27-16)19-14(23)10-3-1-2-4-13(10)22(24)25/h1-7H,8H2,(H,19,20,23). The first-order valence-corrected chi connectivity index (χ1v) is 9.95. The Labute approximate surface area is 171 Å². The van der Waals surface area contributed by atoms with Crippen molar-refractivity contribution in [1.82, 2.24) is 10.2 Å². The van der Waals surface area contributed by atoms with Gasteiger partial charge >= 0.3 is 0 Å². The molecule has 3 aromatic rings. The lowest BCUT2D eigenvalue weighted by Gasteiger charge is -2.02. The summed E-state index contributed by atoms with van der Waals surface area (Å²) in [6.45, 7) is 0. The summed E-state index contributed by atoms with van der Waals surface area (Å²) in [5.41, 5.74) is 0.659. The molecule has 1 heterocycles. The van der Waals surface area contributed by atoms with E-state index in [1.54, 1.807) is 18.2 Å². The number of amides is 1. The van der Waals surface area contributed by atoms with Crippen LogP contribution >= 0.6 is 46.3 Å². The van der Waals surface area contributed by atoms with Gasteiger partial charge in [0.05, 0.1) is 15.0 Å². The average Bonchev–Trinajstić information content (AvgIpc) is 3.10. The number of carbonyl (C=O) groups excluding carboxylic acids is 1. The van der Waals surface area contributed by atoms with Gasteiger partial charge in [-0.25, -0.2) is 0 Å². The third kappa shape index (κ3) is 4.95. The molecular formula is C16H10Cl2N4O3S2. The number of hydrogen-bond acceptors (Lipinski definition) is 7. The number of halogens is 2. The monoisotopic (exact) mass is 440 g/mol. The molecule has 3 rings (SSSR count). The fourth-order valence-corrected chi connectivity index (χ4v) is 4.09. The number of para-hydroxylation sites is 1. The van der Waals surface area contributed by atoms with Crippen molar-refractivity contribution in [2.45, 2.75) is 10.1 Å². The van der Waals surface area contributed by atoms with E-state index in [9.17, 15) is 14.9 Å². The van der Waals surface area contributed by atoms with Crippen molar-refractivity contribution in [3.63, 3.8) is 0 Å². The Balaban J connectivity index is 1.65. The van der Waals surface area contributed by atoms with Crippen molar-refractivity contribution in [2.75, 3.05) is 5.32 Å². The van der Waals surface area contributed by atoms with Gasteiger partial charge in [0.25, 0.3) is 11.6 Å². The molecule has 0 fully saturated rings. The van der Waals surface area contributed by atoms with Crippen LogP contribution in [0.1, 0.15) is 15.9 Å². The highest BCUT2D eigenvalue weighted by Crippen LogP contribution is 2.31. The van der Waals surface area contributed by atoms with Crippen LogP contribution in [0, 0.1) is 10.1 Å². The van der Waals surface area contributed by atoms with E-state index in [-0.39, 0.29) is 16.4 Å². The van der Waals surface area contributed by atoms with Crippen molar-refractivity contribution >= 4 is 63.0 Å². The molecule has 0 radical (unpaired) electrons. The number of nitro groups is 1. The van der Waals surface area contributed by atoms with E-state index in [1.165, 1.54) is 41.3 Å². The summed E-state index contributed by atoms with van der Waals surface area (Å²) in [5, 5.41) is 22.7. The van der Waals surface area contributed by atoms with E-state index < -0.39 is 10.8 Å². The Hall–Kier alpha value is -2.20. The molecule has 1 aromatic heterocycles. The highest BCUT2D eigenvalue weighted by atomic mass is 35.5. The van der Waals surface area contributed by atoms with Crippen LogP contribution in [0.4, 0.5) is 10.8 Å². The fraction of sp³-hybridized carbons (Fsp3) is 0.0625. The van der Waals surface area contributed by atoms with Gasteiger partial charge < -0.3 is 0 Å². The number of benzene rings is 2. The predicted molar refractivity (Wildman–Crippen MR) is 107 cm³/mol. The molecule has 0 atom stereocenters. The number of carbonyl (C=O) groups is 1. The third-order valence-electron chi connectivity index (χ3n) is 3.32. The number of nitrogens with zero attached hydrogens (tertiary/aromatic N) is 3. The minimum atomic E-state index is -0.612. The van der Waals surface area contributed by atoms with E-state index in [4.69, 9.17) is 23.2 Å². The Bertz CT molecular complexity index is 1010. The molecule has 0 unspecified atom stereocenters. The first kappa shape index (κ1) is 19.6. The van der Waals surface area contributed by atoms with Crippen LogP contribution in [0.5, 0.6) is 0 Å². The maximum absolute atomic E-state index is 12.3. The summed E-state index contributed by atoms with van der Waals surface area (Å²) in [7, 11) is 0. The van der Waals surface area contributed by atoms with Crippen molar-refractivity contribution in [2.24, 2.45) is 0 Å². The summed E-state index contributed by atoms with van der Waals surface area (Å²) < 4.78 is 0.638. The molecule has 0 spiro atoms. The number of rotatable bonds is 6. The zero-order valence-corrected chi connectivity index (χ0v) is 16.5. The van der Waals surface area contributed by atoms with Crippen LogP contribution in [0.3, 0.4) is 0 Å². The minimum Gasteiger partial charge on any atom is -0.296 e. The second-order valence-corrected chi connectivity index (χ2v) is 8.15. The summed E-state index contributed by atoms with van der Waals surface area (Å²) in [5.74, 6) is -0.0108. The molecule has 0 aliphatic carbocycles. The SMILES string of the molecule is O=C(Nc1nnc(SCc2ccc(Cl)c(Cl)c2)s1)c1ccccc1[N+](=O)[O-]. The second kappa shape index (κ2) is 8.66. The first-order chi connectivity index (χ1) is 12.9. The molecule has 0 aliphatic rings. The Morgan fingerprint density at radius 1 is 1.19 bits per heavy atom. The summed E-state index contributed by atoms with van der Waals surface area (Å²) >= 11 is 14.5. The molecule has 7 nitrogen and oxygen atoms in total. The molecule has 0 saturated carbocycles. The average molecular weight is 441 g/mol. The number of anilines is 1. The van der Waals surface area contributed by atoms with Gasteiger partial charge in [0.2, 0.25) is 5.13 Å². The molecule has 0 saturated heterocycles. The number of hydrogen-bond donors (Lipinski definition) is 1. The first-order valence-electron chi connectivity index (χ1n) is 7.39. The van der Waals surface area contributed by atoms with Crippen molar-refractivity contribution < 1.29 is 9.72 Å². The number of aromatic nitrogens is 2. The topological polar surface area (TPSA) is 98.0 Å². The van der Waals surface area contributed by atoms with Crippen LogP contribution in [0.2, 0.25) is 10.0 Å². The highest BCUT2D eigenvalue weighted by molar-refractivity contribution is 8.00. The van der Waals surface area contributed by atoms with E-state index in [0.29, 0.717) is 20.1 Å². The molecule has 0 bridgehead atoms. The van der Waals surface area contributed by atoms with E-state index >= 15 is 0 Å². The van der Waals surface area contributed by atoms with Crippen LogP contribution < -0.4 is 5.32 Å². The molecule has 138 valence electrons. The van der Waals surface area contributed by atoms with Gasteiger partial charge in [-0.15, -0.1) is 10.2 Å². The number of nitro benzene ring substituents is 1. The normalized spacial score (nSPS) is 10.6. The lowest BCUT2D eigenvalue weighted by atomic mass is 10.1. The van der Waals surface area contributed by atoms with Gasteiger partial charge in [0, 0.05) is 11.8 Å². The second-order valence-electron chi connectivity index (χ2n) is 5.14. The minimum absolute atomic E-state index is 0.0392. The number of nitrogens with one attached hydrogen (secondary N) is 1. The van der Waals surface area contributed by atoms with Crippen molar-refractivity contribution in [3.05, 3.63) is 73.8 Å². The van der Waals surface area contributed by atoms with Crippen LogP contribution in [-0.2, 0) is 5.75 Å². The molecular weight excluding hydrogens is 431 g/mol. The lowest BCUT2D eigenvalue weighted by molar-refractivity contribution is -0.385. The lowest BCUT2D eigenvalue weighted by Crippen LogP contribution is -2.13. The van der Waals surface area contributed by atoms with Crippen molar-refractivity contribution in [3.8, 4) is 0 Å². The molecule has 1 amide bonds. The largest absolute Gasteiger partial charge is 0.296 e. The Morgan fingerprint density at radius 3 is 2.70 bits per heavy atom. The zero-order chi connectivity index (χ0) is 19.4. The third-order valence-corrected chi connectivity index (χ3v) is 6.10. The zero-order valence-electron chi connectivity index (χ0n) is 13.4. The number of thioether (sulfide) groups is 1. The summed E-state index contributed by atoms with van der Waals surface area (Å²) in [6, 6.07) is 11.1. The molecule has 0 aliphatic heterocycles. The van der Waals surface area contributed by atoms with Crippen LogP contribution in [0.15, 0.2) is 46.8 Å². The fourth-order valence-electron chi connectivity index (χ4n) is 2.08. The maximum Gasteiger partial charge on any atom is 0.282 e. The van der Waals surface area contributed by atoms with E-state index in [2.05, 4.69) is 15.5 Å². The summed E-state index contributed by atoms with van der Waals surface area (Å²) in [4.78, 5) is 22.7. The van der Waals surface area contributed by atoms with Crippen molar-refractivity contribution in [1.29, 1.82) is 0 Å². The highest BCUT2D eigenvalue weighted by Gasteiger charge is 2.20. The molecule has 11 heteroatoms. The van der Waals surface area contributed by atoms with Gasteiger partial charge in [0.1, 0.15) is 5.56 Å². The Morgan fingerprint density at radius 2 is 1.96 bits per heavy atom.